The van der Waals surface area contributed by atoms with Crippen LogP contribution in [0.2, 0.25) is 0 Å². The number of halogens is 2. The Morgan fingerprint density at radius 1 is 1.38 bits per heavy atom. The molecule has 0 spiro atoms. The lowest BCUT2D eigenvalue weighted by Gasteiger charge is -2.06. The van der Waals surface area contributed by atoms with Crippen LogP contribution in [0.3, 0.4) is 0 Å². The van der Waals surface area contributed by atoms with Crippen molar-refractivity contribution in [3.63, 3.8) is 0 Å². The van der Waals surface area contributed by atoms with Crippen LogP contribution in [0, 0.1) is 0 Å². The monoisotopic (exact) mass is 350 g/mol. The molecule has 0 amide bonds. The third kappa shape index (κ3) is 3.59. The van der Waals surface area contributed by atoms with Gasteiger partial charge in [-0.1, -0.05) is 29.8 Å². The van der Waals surface area contributed by atoms with Gasteiger partial charge in [-0.15, -0.1) is 0 Å². The normalized spacial score (nSPS) is 13.1. The molecule has 1 aromatic heterocycles. The summed E-state index contributed by atoms with van der Waals surface area (Å²) in [6.45, 7) is 7.45. The maximum Gasteiger partial charge on any atom is 0.0766 e. The Balaban J connectivity index is 2.73. The minimum Gasteiger partial charge on any atom is -0.268 e. The van der Waals surface area contributed by atoms with Crippen LogP contribution in [-0.4, -0.2) is 14.6 Å². The fraction of sp³-hybridized carbons (Fsp3) is 0.750. The standard InChI is InChI=1S/C12H20Br2N2/c1-4-10-12(14)11(16(5-2)15-10)8-6-7-9(3)13/h9H,4-8H2,1-3H3. The van der Waals surface area contributed by atoms with Gasteiger partial charge in [0.15, 0.2) is 0 Å². The van der Waals surface area contributed by atoms with Crippen LogP contribution in [0.25, 0.3) is 0 Å². The highest BCUT2D eigenvalue weighted by Crippen LogP contribution is 2.24. The van der Waals surface area contributed by atoms with Gasteiger partial charge in [0, 0.05) is 11.4 Å². The number of alkyl halides is 1. The molecular formula is C12H20Br2N2. The molecule has 0 N–H and O–H groups in total. The van der Waals surface area contributed by atoms with Gasteiger partial charge in [0.05, 0.1) is 15.9 Å². The summed E-state index contributed by atoms with van der Waals surface area (Å²) in [7, 11) is 0. The smallest absolute Gasteiger partial charge is 0.0766 e. The first-order chi connectivity index (χ1) is 7.60. The highest BCUT2D eigenvalue weighted by atomic mass is 79.9. The Morgan fingerprint density at radius 2 is 2.06 bits per heavy atom. The summed E-state index contributed by atoms with van der Waals surface area (Å²) in [6.07, 6.45) is 4.52. The van der Waals surface area contributed by atoms with E-state index in [0.29, 0.717) is 4.83 Å². The third-order valence-corrected chi connectivity index (χ3v) is 4.08. The van der Waals surface area contributed by atoms with Crippen LogP contribution >= 0.6 is 31.9 Å². The van der Waals surface area contributed by atoms with Crippen molar-refractivity contribution >= 4 is 31.9 Å². The molecule has 0 saturated heterocycles. The van der Waals surface area contributed by atoms with Crippen molar-refractivity contribution in [2.75, 3.05) is 0 Å². The van der Waals surface area contributed by atoms with Gasteiger partial charge in [0.1, 0.15) is 0 Å². The van der Waals surface area contributed by atoms with E-state index < -0.39 is 0 Å². The summed E-state index contributed by atoms with van der Waals surface area (Å²) in [5, 5.41) is 4.60. The zero-order chi connectivity index (χ0) is 12.1. The van der Waals surface area contributed by atoms with Gasteiger partial charge in [0.2, 0.25) is 0 Å². The summed E-state index contributed by atoms with van der Waals surface area (Å²) < 4.78 is 3.35. The second-order valence-corrected chi connectivity index (χ2v) is 6.41. The number of rotatable bonds is 6. The molecule has 4 heteroatoms. The van der Waals surface area contributed by atoms with Crippen LogP contribution in [-0.2, 0) is 19.4 Å². The lowest BCUT2D eigenvalue weighted by molar-refractivity contribution is 0.595. The summed E-state index contributed by atoms with van der Waals surface area (Å²) in [6, 6.07) is 0. The van der Waals surface area contributed by atoms with Crippen LogP contribution in [0.15, 0.2) is 4.47 Å². The van der Waals surface area contributed by atoms with E-state index in [9.17, 15) is 0 Å². The largest absolute Gasteiger partial charge is 0.268 e. The van der Waals surface area contributed by atoms with Crippen molar-refractivity contribution in [2.24, 2.45) is 0 Å². The summed E-state index contributed by atoms with van der Waals surface area (Å²) >= 11 is 7.26. The zero-order valence-electron chi connectivity index (χ0n) is 10.3. The molecule has 1 unspecified atom stereocenters. The van der Waals surface area contributed by atoms with Crippen LogP contribution in [0.5, 0.6) is 0 Å². The highest BCUT2D eigenvalue weighted by molar-refractivity contribution is 9.10. The van der Waals surface area contributed by atoms with Gasteiger partial charge in [-0.2, -0.15) is 5.10 Å². The molecule has 0 fully saturated rings. The molecule has 0 radical (unpaired) electrons. The Morgan fingerprint density at radius 3 is 2.56 bits per heavy atom. The molecule has 0 bridgehead atoms. The molecule has 1 heterocycles. The van der Waals surface area contributed by atoms with Crippen LogP contribution in [0.4, 0.5) is 0 Å². The van der Waals surface area contributed by atoms with E-state index in [1.54, 1.807) is 0 Å². The maximum atomic E-state index is 4.60. The minimum absolute atomic E-state index is 0.606. The fourth-order valence-corrected chi connectivity index (χ4v) is 2.89. The first-order valence-corrected chi connectivity index (χ1v) is 7.69. The van der Waals surface area contributed by atoms with E-state index in [4.69, 9.17) is 0 Å². The van der Waals surface area contributed by atoms with Crippen molar-refractivity contribution in [1.29, 1.82) is 0 Å². The molecule has 92 valence electrons. The third-order valence-electron chi connectivity index (χ3n) is 2.71. The Bertz CT molecular complexity index is 332. The second-order valence-electron chi connectivity index (χ2n) is 4.05. The maximum absolute atomic E-state index is 4.60. The Kier molecular flexibility index (Phi) is 6.05. The molecule has 0 aliphatic carbocycles. The Hall–Kier alpha value is 0.170. The predicted octanol–water partition coefficient (Wildman–Crippen LogP) is 4.33. The van der Waals surface area contributed by atoms with E-state index >= 15 is 0 Å². The number of aromatic nitrogens is 2. The number of aryl methyl sites for hydroxylation is 2. The summed E-state index contributed by atoms with van der Waals surface area (Å²) in [4.78, 5) is 0.606. The lowest BCUT2D eigenvalue weighted by atomic mass is 10.1. The number of hydrogen-bond donors (Lipinski definition) is 0. The SMILES string of the molecule is CCc1nn(CC)c(CCCC(C)Br)c1Br. The first kappa shape index (κ1) is 14.2. The predicted molar refractivity (Wildman–Crippen MR) is 76.3 cm³/mol. The average molecular weight is 352 g/mol. The topological polar surface area (TPSA) is 17.8 Å². The molecule has 1 rings (SSSR count). The van der Waals surface area contributed by atoms with Crippen molar-refractivity contribution in [3.05, 3.63) is 15.9 Å². The van der Waals surface area contributed by atoms with E-state index in [1.165, 1.54) is 28.7 Å². The van der Waals surface area contributed by atoms with Crippen molar-refractivity contribution in [2.45, 2.75) is 57.8 Å². The van der Waals surface area contributed by atoms with Crippen molar-refractivity contribution in [1.82, 2.24) is 9.78 Å². The first-order valence-electron chi connectivity index (χ1n) is 5.98. The number of hydrogen-bond acceptors (Lipinski definition) is 1. The average Bonchev–Trinajstić information content (AvgIpc) is 2.55. The van der Waals surface area contributed by atoms with Crippen LogP contribution in [0.1, 0.15) is 45.0 Å². The summed E-state index contributed by atoms with van der Waals surface area (Å²) in [5.74, 6) is 0. The van der Waals surface area contributed by atoms with Gasteiger partial charge < -0.3 is 0 Å². The molecular weight excluding hydrogens is 332 g/mol. The Labute approximate surface area is 115 Å². The van der Waals surface area contributed by atoms with E-state index in [0.717, 1.165) is 19.4 Å². The molecule has 16 heavy (non-hydrogen) atoms. The van der Waals surface area contributed by atoms with Crippen LogP contribution < -0.4 is 0 Å². The lowest BCUT2D eigenvalue weighted by Crippen LogP contribution is -2.04. The molecule has 0 aromatic carbocycles. The van der Waals surface area contributed by atoms with Gasteiger partial charge >= 0.3 is 0 Å². The molecule has 0 saturated carbocycles. The minimum atomic E-state index is 0.606. The fourth-order valence-electron chi connectivity index (χ4n) is 1.81. The van der Waals surface area contributed by atoms with Crippen molar-refractivity contribution < 1.29 is 0 Å². The highest BCUT2D eigenvalue weighted by Gasteiger charge is 2.13. The summed E-state index contributed by atoms with van der Waals surface area (Å²) in [5.41, 5.74) is 2.54. The molecule has 1 aromatic rings. The van der Waals surface area contributed by atoms with Gasteiger partial charge in [-0.3, -0.25) is 4.68 Å². The quantitative estimate of drug-likeness (QED) is 0.697. The van der Waals surface area contributed by atoms with Crippen molar-refractivity contribution in [3.8, 4) is 0 Å². The molecule has 0 aliphatic rings. The number of nitrogens with zero attached hydrogens (tertiary/aromatic N) is 2. The van der Waals surface area contributed by atoms with Gasteiger partial charge in [-0.25, -0.2) is 0 Å². The second kappa shape index (κ2) is 6.80. The molecule has 0 aliphatic heterocycles. The van der Waals surface area contributed by atoms with E-state index in [2.05, 4.69) is 62.4 Å². The van der Waals surface area contributed by atoms with E-state index in [-0.39, 0.29) is 0 Å². The van der Waals surface area contributed by atoms with Gasteiger partial charge in [0.25, 0.3) is 0 Å². The molecule has 1 atom stereocenters. The van der Waals surface area contributed by atoms with Gasteiger partial charge in [-0.05, 0) is 48.5 Å². The molecule has 2 nitrogen and oxygen atoms in total. The zero-order valence-corrected chi connectivity index (χ0v) is 13.4. The van der Waals surface area contributed by atoms with E-state index in [1.807, 2.05) is 0 Å².